The third-order valence-corrected chi connectivity index (χ3v) is 3.81. The molecule has 0 spiro atoms. The van der Waals surface area contributed by atoms with Crippen molar-refractivity contribution >= 4 is 17.5 Å². The molecule has 0 atom stereocenters. The van der Waals surface area contributed by atoms with Gasteiger partial charge in [-0.25, -0.2) is 4.79 Å². The highest BCUT2D eigenvalue weighted by Crippen LogP contribution is 2.47. The first-order valence-electron chi connectivity index (χ1n) is 5.55. The fraction of sp³-hybridized carbons (Fsp3) is 0.231. The third kappa shape index (κ3) is 1.85. The third-order valence-electron chi connectivity index (χ3n) is 2.96. The van der Waals surface area contributed by atoms with Gasteiger partial charge in [-0.1, -0.05) is 30.3 Å². The molecule has 0 radical (unpaired) electrons. The SMILES string of the molecule is O=C(O)c1snc(-c2ccccc2)c1C1CC1. The lowest BCUT2D eigenvalue weighted by Gasteiger charge is -2.02. The van der Waals surface area contributed by atoms with Gasteiger partial charge >= 0.3 is 5.97 Å². The van der Waals surface area contributed by atoms with Gasteiger partial charge in [-0.2, -0.15) is 4.37 Å². The summed E-state index contributed by atoms with van der Waals surface area (Å²) >= 11 is 1.10. The molecule has 1 N–H and O–H groups in total. The Morgan fingerprint density at radius 3 is 2.59 bits per heavy atom. The van der Waals surface area contributed by atoms with Crippen molar-refractivity contribution < 1.29 is 9.90 Å². The number of carboxylic acids is 1. The average molecular weight is 245 g/mol. The maximum atomic E-state index is 11.2. The number of hydrogen-bond acceptors (Lipinski definition) is 3. The topological polar surface area (TPSA) is 50.2 Å². The predicted molar refractivity (Wildman–Crippen MR) is 66.5 cm³/mol. The van der Waals surface area contributed by atoms with E-state index in [4.69, 9.17) is 0 Å². The maximum absolute atomic E-state index is 11.2. The fourth-order valence-corrected chi connectivity index (χ4v) is 2.83. The van der Waals surface area contributed by atoms with Gasteiger partial charge < -0.3 is 5.11 Å². The van der Waals surface area contributed by atoms with Crippen LogP contribution in [0.2, 0.25) is 0 Å². The zero-order chi connectivity index (χ0) is 11.8. The van der Waals surface area contributed by atoms with E-state index >= 15 is 0 Å². The van der Waals surface area contributed by atoms with Crippen LogP contribution in [-0.2, 0) is 0 Å². The van der Waals surface area contributed by atoms with E-state index in [0.717, 1.165) is 41.2 Å². The van der Waals surface area contributed by atoms with Crippen molar-refractivity contribution in [2.75, 3.05) is 0 Å². The van der Waals surface area contributed by atoms with Crippen LogP contribution >= 0.6 is 11.5 Å². The molecule has 2 aromatic rings. The van der Waals surface area contributed by atoms with Crippen LogP contribution in [0.15, 0.2) is 30.3 Å². The number of nitrogens with zero attached hydrogens (tertiary/aromatic N) is 1. The smallest absolute Gasteiger partial charge is 0.347 e. The van der Waals surface area contributed by atoms with Gasteiger partial charge in [0, 0.05) is 11.1 Å². The van der Waals surface area contributed by atoms with E-state index in [-0.39, 0.29) is 0 Å². The fourth-order valence-electron chi connectivity index (χ4n) is 2.01. The highest BCUT2D eigenvalue weighted by atomic mass is 32.1. The van der Waals surface area contributed by atoms with E-state index in [2.05, 4.69) is 4.37 Å². The Bertz CT molecular complexity index is 558. The van der Waals surface area contributed by atoms with Crippen molar-refractivity contribution in [3.63, 3.8) is 0 Å². The lowest BCUT2D eigenvalue weighted by Crippen LogP contribution is -1.97. The molecule has 1 aromatic heterocycles. The molecule has 0 saturated heterocycles. The minimum Gasteiger partial charge on any atom is -0.477 e. The summed E-state index contributed by atoms with van der Waals surface area (Å²) < 4.78 is 4.33. The summed E-state index contributed by atoms with van der Waals surface area (Å²) in [7, 11) is 0. The number of aromatic carboxylic acids is 1. The zero-order valence-electron chi connectivity index (χ0n) is 9.09. The molecular formula is C13H11NO2S. The van der Waals surface area contributed by atoms with E-state index in [9.17, 15) is 9.90 Å². The van der Waals surface area contributed by atoms with Gasteiger partial charge in [-0.3, -0.25) is 0 Å². The molecule has 1 heterocycles. The second-order valence-electron chi connectivity index (χ2n) is 4.22. The van der Waals surface area contributed by atoms with Crippen LogP contribution in [0, 0.1) is 0 Å². The van der Waals surface area contributed by atoms with Crippen LogP contribution in [0.4, 0.5) is 0 Å². The van der Waals surface area contributed by atoms with Crippen LogP contribution in [-0.4, -0.2) is 15.4 Å². The molecule has 0 unspecified atom stereocenters. The molecule has 1 aromatic carbocycles. The van der Waals surface area contributed by atoms with Crippen LogP contribution in [0.25, 0.3) is 11.3 Å². The second-order valence-corrected chi connectivity index (χ2v) is 4.99. The van der Waals surface area contributed by atoms with Crippen molar-refractivity contribution in [3.05, 3.63) is 40.8 Å². The summed E-state index contributed by atoms with van der Waals surface area (Å²) in [6.07, 6.45) is 2.16. The van der Waals surface area contributed by atoms with Crippen molar-refractivity contribution in [1.29, 1.82) is 0 Å². The number of rotatable bonds is 3. The summed E-state index contributed by atoms with van der Waals surface area (Å²) in [4.78, 5) is 11.6. The Morgan fingerprint density at radius 1 is 1.29 bits per heavy atom. The monoisotopic (exact) mass is 245 g/mol. The number of carboxylic acid groups (broad SMARTS) is 1. The summed E-state index contributed by atoms with van der Waals surface area (Å²) in [5.41, 5.74) is 2.81. The zero-order valence-corrected chi connectivity index (χ0v) is 9.91. The first-order chi connectivity index (χ1) is 8.27. The van der Waals surface area contributed by atoms with Gasteiger partial charge in [0.15, 0.2) is 0 Å². The molecule has 1 fully saturated rings. The molecule has 86 valence electrons. The van der Waals surface area contributed by atoms with Crippen molar-refractivity contribution in [3.8, 4) is 11.3 Å². The molecule has 3 nitrogen and oxygen atoms in total. The lowest BCUT2D eigenvalue weighted by molar-refractivity contribution is 0.0701. The lowest BCUT2D eigenvalue weighted by atomic mass is 10.0. The Morgan fingerprint density at radius 2 is 2.00 bits per heavy atom. The molecule has 17 heavy (non-hydrogen) atoms. The van der Waals surface area contributed by atoms with E-state index in [1.165, 1.54) is 0 Å². The molecule has 4 heteroatoms. The van der Waals surface area contributed by atoms with Gasteiger partial charge in [-0.05, 0) is 30.3 Å². The highest BCUT2D eigenvalue weighted by Gasteiger charge is 2.33. The largest absolute Gasteiger partial charge is 0.477 e. The quantitative estimate of drug-likeness (QED) is 0.901. The van der Waals surface area contributed by atoms with Crippen molar-refractivity contribution in [2.45, 2.75) is 18.8 Å². The van der Waals surface area contributed by atoms with E-state index in [1.807, 2.05) is 30.3 Å². The molecule has 3 rings (SSSR count). The molecule has 1 aliphatic rings. The Kier molecular flexibility index (Phi) is 2.44. The van der Waals surface area contributed by atoms with Gasteiger partial charge in [0.05, 0.1) is 5.69 Å². The maximum Gasteiger partial charge on any atom is 0.347 e. The number of carbonyl (C=O) groups is 1. The van der Waals surface area contributed by atoms with Gasteiger partial charge in [-0.15, -0.1) is 0 Å². The second kappa shape index (κ2) is 3.96. The first-order valence-corrected chi connectivity index (χ1v) is 6.33. The minimum absolute atomic E-state index is 0.398. The summed E-state index contributed by atoms with van der Waals surface area (Å²) in [5, 5.41) is 9.17. The van der Waals surface area contributed by atoms with Crippen LogP contribution in [0.1, 0.15) is 34.0 Å². The summed E-state index contributed by atoms with van der Waals surface area (Å²) in [6, 6.07) is 9.81. The molecule has 0 amide bonds. The van der Waals surface area contributed by atoms with Crippen LogP contribution in [0.5, 0.6) is 0 Å². The molecule has 1 saturated carbocycles. The molecule has 0 bridgehead atoms. The Balaban J connectivity index is 2.14. The summed E-state index contributed by atoms with van der Waals surface area (Å²) in [5.74, 6) is -0.457. The Hall–Kier alpha value is -1.68. The van der Waals surface area contributed by atoms with Gasteiger partial charge in [0.2, 0.25) is 0 Å². The molecule has 0 aliphatic heterocycles. The molecular weight excluding hydrogens is 234 g/mol. The van der Waals surface area contributed by atoms with Gasteiger partial charge in [0.25, 0.3) is 0 Å². The first kappa shape index (κ1) is 10.5. The van der Waals surface area contributed by atoms with Crippen molar-refractivity contribution in [2.24, 2.45) is 0 Å². The number of aromatic nitrogens is 1. The standard InChI is InChI=1S/C13H11NO2S/c15-13(16)12-10(8-6-7-8)11(14-17-12)9-4-2-1-3-5-9/h1-5,8H,6-7H2,(H,15,16). The number of benzene rings is 1. The average Bonchev–Trinajstić information content (AvgIpc) is 3.08. The highest BCUT2D eigenvalue weighted by molar-refractivity contribution is 7.08. The molecule has 1 aliphatic carbocycles. The van der Waals surface area contributed by atoms with Crippen LogP contribution in [0.3, 0.4) is 0 Å². The van der Waals surface area contributed by atoms with Crippen molar-refractivity contribution in [1.82, 2.24) is 4.37 Å². The number of hydrogen-bond donors (Lipinski definition) is 1. The van der Waals surface area contributed by atoms with E-state index in [0.29, 0.717) is 10.8 Å². The minimum atomic E-state index is -0.855. The van der Waals surface area contributed by atoms with Gasteiger partial charge in [0.1, 0.15) is 4.88 Å². The van der Waals surface area contributed by atoms with E-state index in [1.54, 1.807) is 0 Å². The Labute approximate surface area is 103 Å². The van der Waals surface area contributed by atoms with E-state index < -0.39 is 5.97 Å². The van der Waals surface area contributed by atoms with Crippen LogP contribution < -0.4 is 0 Å². The summed E-state index contributed by atoms with van der Waals surface area (Å²) in [6.45, 7) is 0. The normalized spacial score (nSPS) is 14.8. The predicted octanol–water partition coefficient (Wildman–Crippen LogP) is 3.39.